The van der Waals surface area contributed by atoms with Crippen molar-refractivity contribution >= 4 is 0 Å². The number of fused-ring (bicyclic) bond motifs is 1. The first-order valence-corrected chi connectivity index (χ1v) is 5.00. The Hall–Kier alpha value is -0.560. The maximum Gasteiger partial charge on any atom is 0.0136 e. The van der Waals surface area contributed by atoms with Gasteiger partial charge in [0.2, 0.25) is 0 Å². The molecule has 0 saturated heterocycles. The van der Waals surface area contributed by atoms with Crippen LogP contribution in [0, 0.1) is 11.8 Å². The lowest BCUT2D eigenvalue weighted by Crippen LogP contribution is -2.33. The highest BCUT2D eigenvalue weighted by atomic mass is 14.9. The predicted molar refractivity (Wildman–Crippen MR) is 54.1 cm³/mol. The molecule has 1 saturated carbocycles. The zero-order valence-electron chi connectivity index (χ0n) is 7.66. The van der Waals surface area contributed by atoms with Crippen LogP contribution in [0.1, 0.15) is 21.2 Å². The summed E-state index contributed by atoms with van der Waals surface area (Å²) in [5.41, 5.74) is 0. The molecule has 0 radical (unpaired) electrons. The third kappa shape index (κ3) is 1.34. The summed E-state index contributed by atoms with van der Waals surface area (Å²) in [5.74, 6) is 1.59. The van der Waals surface area contributed by atoms with Crippen molar-refractivity contribution in [3.8, 4) is 0 Å². The number of rotatable bonds is 2. The fourth-order valence-electron chi connectivity index (χ4n) is 2.46. The fraction of sp³-hybridized carbons (Fsp3) is 0.636. The molecule has 0 amide bonds. The molecule has 2 aliphatic carbocycles. The van der Waals surface area contributed by atoms with E-state index in [-0.39, 0.29) is 1.43 Å². The number of hydrogen-bond donors (Lipinski definition) is 1. The van der Waals surface area contributed by atoms with Crippen molar-refractivity contribution in [2.45, 2.75) is 25.8 Å². The van der Waals surface area contributed by atoms with Gasteiger partial charge < -0.3 is 5.32 Å². The first-order valence-electron chi connectivity index (χ1n) is 5.00. The maximum absolute atomic E-state index is 3.56. The monoisotopic (exact) mass is 165 g/mol. The van der Waals surface area contributed by atoms with E-state index in [1.165, 1.54) is 12.8 Å². The molecule has 1 nitrogen and oxygen atoms in total. The normalized spacial score (nSPS) is 38.6. The van der Waals surface area contributed by atoms with E-state index in [1.54, 1.807) is 0 Å². The molecular weight excluding hydrogens is 146 g/mol. The summed E-state index contributed by atoms with van der Waals surface area (Å²) >= 11 is 0. The minimum Gasteiger partial charge on any atom is -0.314 e. The van der Waals surface area contributed by atoms with E-state index in [2.05, 4.69) is 36.5 Å². The molecule has 2 aliphatic rings. The summed E-state index contributed by atoms with van der Waals surface area (Å²) in [5, 5.41) is 3.56. The smallest absolute Gasteiger partial charge is 0.0136 e. The number of allylic oxidation sites excluding steroid dienone is 3. The zero-order chi connectivity index (χ0) is 8.39. The van der Waals surface area contributed by atoms with Gasteiger partial charge in [0.05, 0.1) is 0 Å². The third-order valence-electron chi connectivity index (χ3n) is 3.04. The van der Waals surface area contributed by atoms with E-state index in [0.717, 1.165) is 24.4 Å². The molecule has 0 aromatic carbocycles. The lowest BCUT2D eigenvalue weighted by molar-refractivity contribution is 0.435. The molecule has 2 rings (SSSR count). The van der Waals surface area contributed by atoms with Gasteiger partial charge in [-0.05, 0) is 31.2 Å². The highest BCUT2D eigenvalue weighted by Gasteiger charge is 2.32. The van der Waals surface area contributed by atoms with E-state index in [0.29, 0.717) is 0 Å². The average Bonchev–Trinajstić information content (AvgIpc) is 2.50. The largest absolute Gasteiger partial charge is 0.314 e. The summed E-state index contributed by atoms with van der Waals surface area (Å²) in [4.78, 5) is 0. The summed E-state index contributed by atoms with van der Waals surface area (Å²) < 4.78 is 0. The van der Waals surface area contributed by atoms with Crippen molar-refractivity contribution in [3.05, 3.63) is 24.3 Å². The summed E-state index contributed by atoms with van der Waals surface area (Å²) in [7, 11) is 0. The molecule has 0 bridgehead atoms. The van der Waals surface area contributed by atoms with Crippen LogP contribution >= 0.6 is 0 Å². The number of nitrogens with one attached hydrogen (secondary N) is 1. The van der Waals surface area contributed by atoms with Crippen LogP contribution in [0.15, 0.2) is 24.3 Å². The zero-order valence-corrected chi connectivity index (χ0v) is 7.66. The highest BCUT2D eigenvalue weighted by Crippen LogP contribution is 2.35. The van der Waals surface area contributed by atoms with E-state index >= 15 is 0 Å². The van der Waals surface area contributed by atoms with Crippen LogP contribution in [0.2, 0.25) is 0 Å². The topological polar surface area (TPSA) is 12.0 Å². The van der Waals surface area contributed by atoms with Crippen LogP contribution in [0.3, 0.4) is 0 Å². The highest BCUT2D eigenvalue weighted by molar-refractivity contribution is 5.18. The first kappa shape index (κ1) is 8.06. The van der Waals surface area contributed by atoms with Gasteiger partial charge in [0.15, 0.2) is 0 Å². The van der Waals surface area contributed by atoms with Crippen molar-refractivity contribution < 1.29 is 1.43 Å². The molecule has 1 heteroatoms. The second kappa shape index (κ2) is 3.44. The third-order valence-corrected chi connectivity index (χ3v) is 3.04. The molecule has 0 aromatic rings. The van der Waals surface area contributed by atoms with Crippen molar-refractivity contribution in [1.29, 1.82) is 0 Å². The molecule has 3 atom stereocenters. The van der Waals surface area contributed by atoms with Gasteiger partial charge in [-0.2, -0.15) is 0 Å². The van der Waals surface area contributed by atoms with Crippen molar-refractivity contribution in [1.82, 2.24) is 5.32 Å². The molecule has 12 heavy (non-hydrogen) atoms. The van der Waals surface area contributed by atoms with Crippen molar-refractivity contribution in [3.63, 3.8) is 0 Å². The van der Waals surface area contributed by atoms with Gasteiger partial charge in [-0.1, -0.05) is 31.2 Å². The van der Waals surface area contributed by atoms with Crippen LogP contribution in [0.25, 0.3) is 0 Å². The Morgan fingerprint density at radius 3 is 3.00 bits per heavy atom. The van der Waals surface area contributed by atoms with E-state index in [9.17, 15) is 0 Å². The molecule has 0 aliphatic heterocycles. The Labute approximate surface area is 76.0 Å². The van der Waals surface area contributed by atoms with Gasteiger partial charge in [-0.3, -0.25) is 0 Å². The Morgan fingerprint density at radius 1 is 1.33 bits per heavy atom. The van der Waals surface area contributed by atoms with Gasteiger partial charge in [0, 0.05) is 7.47 Å². The first-order chi connectivity index (χ1) is 5.92. The molecule has 68 valence electrons. The quantitative estimate of drug-likeness (QED) is 0.662. The fourth-order valence-corrected chi connectivity index (χ4v) is 2.46. The molecule has 0 spiro atoms. The van der Waals surface area contributed by atoms with Gasteiger partial charge >= 0.3 is 0 Å². The van der Waals surface area contributed by atoms with E-state index in [1.807, 2.05) is 0 Å². The van der Waals surface area contributed by atoms with Crippen molar-refractivity contribution in [2.75, 3.05) is 6.54 Å². The predicted octanol–water partition coefficient (Wildman–Crippen LogP) is 2.36. The molecule has 1 fully saturated rings. The summed E-state index contributed by atoms with van der Waals surface area (Å²) in [6, 6.07) is 0.737. The molecule has 0 heterocycles. The van der Waals surface area contributed by atoms with Crippen LogP contribution in [-0.4, -0.2) is 12.6 Å². The van der Waals surface area contributed by atoms with Gasteiger partial charge in [0.1, 0.15) is 0 Å². The molecule has 1 N–H and O–H groups in total. The Bertz CT molecular complexity index is 210. The van der Waals surface area contributed by atoms with Gasteiger partial charge in [0.25, 0.3) is 0 Å². The Morgan fingerprint density at radius 2 is 2.17 bits per heavy atom. The van der Waals surface area contributed by atoms with Gasteiger partial charge in [-0.15, -0.1) is 0 Å². The average molecular weight is 165 g/mol. The second-order valence-corrected chi connectivity index (χ2v) is 3.75. The second-order valence-electron chi connectivity index (χ2n) is 3.75. The maximum atomic E-state index is 3.56. The number of hydrogen-bond acceptors (Lipinski definition) is 1. The lowest BCUT2D eigenvalue weighted by atomic mass is 9.90. The van der Waals surface area contributed by atoms with E-state index < -0.39 is 0 Å². The Kier molecular flexibility index (Phi) is 2.31. The van der Waals surface area contributed by atoms with Gasteiger partial charge in [-0.25, -0.2) is 0 Å². The molecular formula is C11H19N. The van der Waals surface area contributed by atoms with Crippen LogP contribution in [-0.2, 0) is 0 Å². The van der Waals surface area contributed by atoms with Crippen molar-refractivity contribution in [2.24, 2.45) is 11.8 Å². The molecule has 0 aromatic heterocycles. The molecule has 2 unspecified atom stereocenters. The van der Waals surface area contributed by atoms with Crippen LogP contribution in [0.4, 0.5) is 0 Å². The summed E-state index contributed by atoms with van der Waals surface area (Å²) in [6.45, 7) is 3.29. The van der Waals surface area contributed by atoms with Crippen LogP contribution in [0.5, 0.6) is 0 Å². The lowest BCUT2D eigenvalue weighted by Gasteiger charge is -2.22. The Balaban J connectivity index is 0.000000845. The minimum absolute atomic E-state index is 0. The summed E-state index contributed by atoms with van der Waals surface area (Å²) in [6.07, 6.45) is 11.8. The van der Waals surface area contributed by atoms with Crippen LogP contribution < -0.4 is 5.32 Å². The minimum atomic E-state index is 0. The SMILES string of the molecule is CCN[C@H]1CCC2C=CC=CC21.[HH]. The van der Waals surface area contributed by atoms with E-state index in [4.69, 9.17) is 0 Å². The standard InChI is InChI=1S/C11H17N.H2/c1-2-12-11-8-7-9-5-3-4-6-10(9)11;/h3-6,9-12H,2,7-8H2,1H3;1H/t9?,10?,11-;/m0./s1.